The average molecular weight is 890 g/mol. The number of anilines is 1. The summed E-state index contributed by atoms with van der Waals surface area (Å²) >= 11 is 0.250. The van der Waals surface area contributed by atoms with Gasteiger partial charge in [-0.1, -0.05) is 50.8 Å². The molecule has 0 aromatic carbocycles. The normalized spacial score (nSPS) is 34.6. The van der Waals surface area contributed by atoms with Crippen LogP contribution in [0.4, 0.5) is 14.5 Å². The number of hydrogen-bond acceptors (Lipinski definition) is 16. The Morgan fingerprint density at radius 3 is 2.32 bits per heavy atom. The highest BCUT2D eigenvalue weighted by molar-refractivity contribution is 7.93. The number of ether oxygens (including phenoxy) is 5. The number of nitrogens with zero attached hydrogens (tertiary/aromatic N) is 6. The van der Waals surface area contributed by atoms with Crippen LogP contribution in [0.25, 0.3) is 11.4 Å². The van der Waals surface area contributed by atoms with Crippen LogP contribution in [0.3, 0.4) is 0 Å². The van der Waals surface area contributed by atoms with Crippen molar-refractivity contribution in [2.24, 2.45) is 23.7 Å². The van der Waals surface area contributed by atoms with Gasteiger partial charge in [-0.05, 0) is 73.2 Å². The molecule has 5 heterocycles. The summed E-state index contributed by atoms with van der Waals surface area (Å²) in [7, 11) is 5.19. The Bertz CT molecular complexity index is 1950. The molecule has 5 rings (SSSR count). The minimum Gasteiger partial charge on any atom is -0.458 e. The van der Waals surface area contributed by atoms with Crippen molar-refractivity contribution in [2.45, 2.75) is 135 Å². The number of pyridine rings is 1. The molecule has 0 saturated carbocycles. The first kappa shape index (κ1) is 50.5. The molecule has 3 fully saturated rings. The first-order valence-electron chi connectivity index (χ1n) is 20.9. The van der Waals surface area contributed by atoms with E-state index in [0.717, 1.165) is 0 Å². The maximum absolute atomic E-state index is 14.7. The molecular formula is C43H64FN7O10S. The lowest BCUT2D eigenvalue weighted by atomic mass is 9.73. The molecule has 62 heavy (non-hydrogen) atoms. The number of methoxy groups -OCH3 is 1. The molecule has 17 nitrogen and oxygen atoms in total. The van der Waals surface area contributed by atoms with Gasteiger partial charge in [0.2, 0.25) is 0 Å². The van der Waals surface area contributed by atoms with Crippen LogP contribution >= 0.6 is 12.1 Å². The third kappa shape index (κ3) is 11.1. The van der Waals surface area contributed by atoms with Crippen molar-refractivity contribution in [3.05, 3.63) is 24.4 Å². The van der Waals surface area contributed by atoms with Gasteiger partial charge in [-0.2, -0.15) is 3.89 Å². The van der Waals surface area contributed by atoms with Crippen LogP contribution in [-0.2, 0) is 44.6 Å². The van der Waals surface area contributed by atoms with Crippen molar-refractivity contribution in [1.29, 1.82) is 0 Å². The molecule has 1 amide bonds. The van der Waals surface area contributed by atoms with E-state index < -0.39 is 83.4 Å². The van der Waals surface area contributed by atoms with Crippen LogP contribution in [0.5, 0.6) is 0 Å². The molecular weight excluding hydrogens is 826 g/mol. The molecule has 2 aromatic heterocycles. The fourth-order valence-electron chi connectivity index (χ4n) is 9.01. The van der Waals surface area contributed by atoms with Gasteiger partial charge in [-0.25, -0.2) is 14.5 Å². The van der Waals surface area contributed by atoms with Gasteiger partial charge >= 0.3 is 12.1 Å². The summed E-state index contributed by atoms with van der Waals surface area (Å²) in [5, 5.41) is 19.7. The van der Waals surface area contributed by atoms with Crippen molar-refractivity contribution in [1.82, 2.24) is 29.8 Å². The van der Waals surface area contributed by atoms with Crippen LogP contribution in [0.2, 0.25) is 0 Å². The number of halogens is 1. The number of likely N-dealkylation sites (N-methyl/N-ethyl adjacent to an activating group) is 1. The lowest BCUT2D eigenvalue weighted by Crippen LogP contribution is -2.60. The van der Waals surface area contributed by atoms with Crippen LogP contribution in [-0.4, -0.2) is 147 Å². The molecule has 3 aliphatic rings. The Morgan fingerprint density at radius 1 is 1.05 bits per heavy atom. The highest BCUT2D eigenvalue weighted by atomic mass is 32.2. The number of cyclic esters (lactones) is 1. The zero-order chi connectivity index (χ0) is 46.3. The van der Waals surface area contributed by atoms with Crippen molar-refractivity contribution in [3.8, 4) is 23.2 Å². The van der Waals surface area contributed by atoms with E-state index in [1.807, 2.05) is 25.9 Å². The average Bonchev–Trinajstić information content (AvgIpc) is 3.81. The van der Waals surface area contributed by atoms with Crippen LogP contribution in [0, 0.1) is 35.5 Å². The van der Waals surface area contributed by atoms with E-state index in [9.17, 15) is 28.2 Å². The van der Waals surface area contributed by atoms with Gasteiger partial charge < -0.3 is 39.4 Å². The van der Waals surface area contributed by atoms with Gasteiger partial charge in [-0.15, -0.1) is 5.10 Å². The summed E-state index contributed by atoms with van der Waals surface area (Å²) < 4.78 is 42.8. The minimum atomic E-state index is -1.49. The van der Waals surface area contributed by atoms with E-state index in [-0.39, 0.29) is 56.0 Å². The van der Waals surface area contributed by atoms with Crippen molar-refractivity contribution < 1.29 is 51.9 Å². The third-order valence-electron chi connectivity index (χ3n) is 12.3. The Balaban J connectivity index is 0.00000273. The molecule has 3 unspecified atom stereocenters. The summed E-state index contributed by atoms with van der Waals surface area (Å²) in [5.41, 5.74) is 4.09. The summed E-state index contributed by atoms with van der Waals surface area (Å²) in [4.78, 5) is 64.3. The predicted molar refractivity (Wildman–Crippen MR) is 230 cm³/mol. The fraction of sp³-hybridized carbons (Fsp3) is 0.698. The maximum Gasteiger partial charge on any atom is 0.411 e. The van der Waals surface area contributed by atoms with Crippen LogP contribution < -0.4 is 5.73 Å². The number of esters is 1. The van der Waals surface area contributed by atoms with Gasteiger partial charge in [0.15, 0.2) is 17.7 Å². The van der Waals surface area contributed by atoms with E-state index in [2.05, 4.69) is 27.1 Å². The van der Waals surface area contributed by atoms with E-state index in [0.29, 0.717) is 23.6 Å². The first-order chi connectivity index (χ1) is 29.2. The molecule has 3 aliphatic heterocycles. The van der Waals surface area contributed by atoms with E-state index in [1.54, 1.807) is 65.9 Å². The third-order valence-corrected chi connectivity index (χ3v) is 12.3. The van der Waals surface area contributed by atoms with E-state index >= 15 is 0 Å². The molecule has 0 aliphatic carbocycles. The number of aliphatic hydroxyl groups excluding tert-OH is 1. The number of amides is 1. The summed E-state index contributed by atoms with van der Waals surface area (Å²) in [6, 6.07) is 3.99. The van der Waals surface area contributed by atoms with Gasteiger partial charge in [-0.3, -0.25) is 19.3 Å². The molecule has 2 aromatic rings. The Labute approximate surface area is 368 Å². The quantitative estimate of drug-likeness (QED) is 0.214. The molecule has 0 bridgehead atoms. The number of nitrogens with two attached hydrogens (primary N) is 1. The number of ketones is 2. The van der Waals surface area contributed by atoms with Crippen molar-refractivity contribution >= 4 is 41.6 Å². The number of hydrogen-bond donors (Lipinski definition) is 2. The predicted octanol–water partition coefficient (Wildman–Crippen LogP) is 4.36. The van der Waals surface area contributed by atoms with Crippen LogP contribution in [0.1, 0.15) is 74.7 Å². The molecule has 13 atom stereocenters. The van der Waals surface area contributed by atoms with Gasteiger partial charge in [0.05, 0.1) is 42.3 Å². The molecule has 19 heteroatoms. The Hall–Kier alpha value is -4.19. The smallest absolute Gasteiger partial charge is 0.411 e. The summed E-state index contributed by atoms with van der Waals surface area (Å²) in [6.45, 7) is 13.7. The number of carbonyl (C=O) groups is 4. The lowest BCUT2D eigenvalue weighted by Gasteiger charge is -2.47. The second kappa shape index (κ2) is 21.5. The van der Waals surface area contributed by atoms with E-state index in [4.69, 9.17) is 29.4 Å². The number of carbonyl (C=O) groups excluding carboxylic acids is 4. The number of fused-ring (bicyclic) bond motifs is 1. The molecule has 344 valence electrons. The van der Waals surface area contributed by atoms with Gasteiger partial charge in [0.25, 0.3) is 0 Å². The van der Waals surface area contributed by atoms with E-state index in [1.165, 1.54) is 29.9 Å². The van der Waals surface area contributed by atoms with Gasteiger partial charge in [0, 0.05) is 49.3 Å². The Morgan fingerprint density at radius 2 is 1.71 bits per heavy atom. The molecule has 0 spiro atoms. The van der Waals surface area contributed by atoms with Crippen molar-refractivity contribution in [2.75, 3.05) is 39.7 Å². The highest BCUT2D eigenvalue weighted by Gasteiger charge is 2.60. The molecule has 3 N–H and O–H groups in total. The largest absolute Gasteiger partial charge is 0.458 e. The zero-order valence-electron chi connectivity index (χ0n) is 37.9. The standard InChI is InChI=1S/C42H61N7O10.CH3FS/c1-12-31-42(8)36(49(40(54)59-42)19-14-13-18-48-22-29(45-46-48)28-16-15-17-32(43)44-28)25(4)33(50)23(2)21-41(7,55-11)37(26(5)34(51)27(6)38(53)57-31)58-39-35(52)30(47(9)10)20-24(3)56-39;1-3-2/h15-17,22-27,30-31,35-37,39,52H,12,18-21H2,1-11H3,(H2,43,44);1H3/t23-,24?,25+,26+,27-,30?,31-,35?,36-,37-,39+,41-,42-;/m1./s1. The van der Waals surface area contributed by atoms with Crippen molar-refractivity contribution in [3.63, 3.8) is 0 Å². The SMILES string of the molecule is CC[C@H]1OC(=O)[C@H](C)C(=O)[C@H](C)[C@@H](O[C@@H]2OC(C)CC(N(C)C)C2O)[C@](C)(OC)C[C@@H](C)C(=O)[C@H](C)[C@H]2N(CC#CCn3cc(-c4cccc(N)n4)nn3)C(=O)O[C@]12C.CSF. The number of rotatable bonds is 8. The topological polar surface area (TPSA) is 211 Å². The number of aliphatic hydroxyl groups is 1. The second-order valence-electron chi connectivity index (χ2n) is 17.1. The minimum absolute atomic E-state index is 0.0868. The fourth-order valence-corrected chi connectivity index (χ4v) is 9.01. The Kier molecular flexibility index (Phi) is 17.5. The summed E-state index contributed by atoms with van der Waals surface area (Å²) in [6.07, 6.45) is -1.40. The number of Topliss-reactive ketones (excluding diaryl/α,β-unsaturated/α-hetero) is 2. The number of nitrogen functional groups attached to an aromatic ring is 1. The van der Waals surface area contributed by atoms with Crippen LogP contribution in [0.15, 0.2) is 24.4 Å². The second-order valence-corrected chi connectivity index (χ2v) is 17.4. The summed E-state index contributed by atoms with van der Waals surface area (Å²) in [5.74, 6) is 1.09. The lowest BCUT2D eigenvalue weighted by molar-refractivity contribution is -0.295. The first-order valence-corrected chi connectivity index (χ1v) is 22.0. The monoisotopic (exact) mass is 889 g/mol. The van der Waals surface area contributed by atoms with Gasteiger partial charge in [0.1, 0.15) is 42.0 Å². The maximum atomic E-state index is 14.7. The highest BCUT2D eigenvalue weighted by Crippen LogP contribution is 2.43. The molecule has 0 radical (unpaired) electrons. The number of aromatic nitrogens is 4. The zero-order valence-corrected chi connectivity index (χ0v) is 38.7. The molecule has 3 saturated heterocycles.